The number of rotatable bonds is 6. The zero-order valence-electron chi connectivity index (χ0n) is 11.2. The molecule has 1 aliphatic carbocycles. The van der Waals surface area contributed by atoms with Crippen LogP contribution in [0, 0.1) is 5.92 Å². The second-order valence-corrected chi connectivity index (χ2v) is 5.41. The van der Waals surface area contributed by atoms with Gasteiger partial charge in [0.15, 0.2) is 0 Å². The van der Waals surface area contributed by atoms with Crippen molar-refractivity contribution in [3.8, 4) is 0 Å². The van der Waals surface area contributed by atoms with Crippen LogP contribution in [0.4, 0.5) is 13.2 Å². The third-order valence-corrected chi connectivity index (χ3v) is 3.67. The van der Waals surface area contributed by atoms with E-state index in [1.54, 1.807) is 0 Å². The van der Waals surface area contributed by atoms with Gasteiger partial charge in [-0.1, -0.05) is 26.2 Å². The Hall–Kier alpha value is -0.290. The lowest BCUT2D eigenvalue weighted by atomic mass is 9.84. The molecule has 0 aromatic rings. The summed E-state index contributed by atoms with van der Waals surface area (Å²) in [6, 6.07) is -0.112. The van der Waals surface area contributed by atoms with E-state index in [-0.39, 0.29) is 6.04 Å². The molecule has 0 aromatic heterocycles. The molecule has 0 heterocycles. The first-order chi connectivity index (χ1) is 8.42. The van der Waals surface area contributed by atoms with Gasteiger partial charge in [-0.05, 0) is 31.7 Å². The van der Waals surface area contributed by atoms with Crippen LogP contribution in [0.25, 0.3) is 0 Å². The highest BCUT2D eigenvalue weighted by Crippen LogP contribution is 2.26. The highest BCUT2D eigenvalue weighted by Gasteiger charge is 2.32. The number of nitrogens with two attached hydrogens (primary N) is 1. The molecule has 1 atom stereocenters. The average molecular weight is 266 g/mol. The van der Waals surface area contributed by atoms with Gasteiger partial charge in [0.2, 0.25) is 0 Å². The van der Waals surface area contributed by atoms with Crippen LogP contribution < -0.4 is 5.73 Å². The van der Waals surface area contributed by atoms with Gasteiger partial charge in [-0.25, -0.2) is 0 Å². The first-order valence-corrected chi connectivity index (χ1v) is 6.97. The van der Waals surface area contributed by atoms with E-state index < -0.39 is 12.7 Å². The number of halogens is 3. The van der Waals surface area contributed by atoms with Gasteiger partial charge in [-0.2, -0.15) is 13.2 Å². The standard InChI is InChI=1S/C13H25F3N2/c1-2-8-18(10-13(14,15)16)9-12(17)11-6-4-3-5-7-11/h11-12H,2-10,17H2,1H3. The van der Waals surface area contributed by atoms with Gasteiger partial charge < -0.3 is 5.73 Å². The maximum Gasteiger partial charge on any atom is 0.401 e. The van der Waals surface area contributed by atoms with Gasteiger partial charge in [-0.3, -0.25) is 4.90 Å². The van der Waals surface area contributed by atoms with Crippen LogP contribution >= 0.6 is 0 Å². The number of alkyl halides is 3. The van der Waals surface area contributed by atoms with Crippen molar-refractivity contribution in [1.82, 2.24) is 4.90 Å². The SMILES string of the molecule is CCCN(CC(N)C1CCCCC1)CC(F)(F)F. The summed E-state index contributed by atoms with van der Waals surface area (Å²) in [7, 11) is 0. The third-order valence-electron chi connectivity index (χ3n) is 3.67. The fourth-order valence-electron chi connectivity index (χ4n) is 2.81. The van der Waals surface area contributed by atoms with E-state index >= 15 is 0 Å². The molecule has 2 N–H and O–H groups in total. The summed E-state index contributed by atoms with van der Waals surface area (Å²) in [4.78, 5) is 1.46. The Bertz CT molecular complexity index is 225. The van der Waals surface area contributed by atoms with Crippen molar-refractivity contribution >= 4 is 0 Å². The normalized spacial score (nSPS) is 20.3. The van der Waals surface area contributed by atoms with Gasteiger partial charge in [0.1, 0.15) is 0 Å². The highest BCUT2D eigenvalue weighted by atomic mass is 19.4. The summed E-state index contributed by atoms with van der Waals surface area (Å²) in [5, 5.41) is 0. The molecular weight excluding hydrogens is 241 g/mol. The second kappa shape index (κ2) is 7.34. The molecule has 1 unspecified atom stereocenters. The zero-order chi connectivity index (χ0) is 13.6. The Morgan fingerprint density at radius 2 is 1.83 bits per heavy atom. The first kappa shape index (κ1) is 15.8. The Kier molecular flexibility index (Phi) is 6.43. The fraction of sp³-hybridized carbons (Fsp3) is 1.00. The molecule has 0 radical (unpaired) electrons. The molecule has 1 saturated carbocycles. The van der Waals surface area contributed by atoms with Crippen molar-refractivity contribution in [2.45, 2.75) is 57.7 Å². The van der Waals surface area contributed by atoms with E-state index in [0.717, 1.165) is 19.3 Å². The summed E-state index contributed by atoms with van der Waals surface area (Å²) < 4.78 is 37.3. The quantitative estimate of drug-likeness (QED) is 0.800. The molecule has 108 valence electrons. The largest absolute Gasteiger partial charge is 0.401 e. The molecule has 0 aromatic carbocycles. The maximum atomic E-state index is 12.4. The Morgan fingerprint density at radius 3 is 2.33 bits per heavy atom. The molecular formula is C13H25F3N2. The summed E-state index contributed by atoms with van der Waals surface area (Å²) in [6.07, 6.45) is 2.34. The number of nitrogens with zero attached hydrogens (tertiary/aromatic N) is 1. The van der Waals surface area contributed by atoms with Crippen molar-refractivity contribution in [3.05, 3.63) is 0 Å². The van der Waals surface area contributed by atoms with Crippen LogP contribution in [-0.4, -0.2) is 36.8 Å². The van der Waals surface area contributed by atoms with Crippen LogP contribution in [0.2, 0.25) is 0 Å². The van der Waals surface area contributed by atoms with E-state index in [2.05, 4.69) is 0 Å². The Labute approximate surface area is 108 Å². The minimum absolute atomic E-state index is 0.112. The van der Waals surface area contributed by atoms with Crippen molar-refractivity contribution in [3.63, 3.8) is 0 Å². The minimum atomic E-state index is -4.12. The molecule has 1 fully saturated rings. The lowest BCUT2D eigenvalue weighted by molar-refractivity contribution is -0.146. The summed E-state index contributed by atoms with van der Waals surface area (Å²) in [6.45, 7) is 1.91. The van der Waals surface area contributed by atoms with Crippen molar-refractivity contribution < 1.29 is 13.2 Å². The lowest BCUT2D eigenvalue weighted by Gasteiger charge is -2.32. The van der Waals surface area contributed by atoms with Crippen LogP contribution in [0.1, 0.15) is 45.4 Å². The Balaban J connectivity index is 2.43. The molecule has 1 rings (SSSR count). The van der Waals surface area contributed by atoms with E-state index in [4.69, 9.17) is 5.73 Å². The van der Waals surface area contributed by atoms with Crippen LogP contribution in [0.5, 0.6) is 0 Å². The van der Waals surface area contributed by atoms with Crippen LogP contribution in [0.15, 0.2) is 0 Å². The molecule has 5 heteroatoms. The predicted molar refractivity (Wildman–Crippen MR) is 67.3 cm³/mol. The molecule has 1 aliphatic rings. The van der Waals surface area contributed by atoms with Gasteiger partial charge in [0.05, 0.1) is 6.54 Å². The smallest absolute Gasteiger partial charge is 0.326 e. The van der Waals surface area contributed by atoms with Gasteiger partial charge in [0, 0.05) is 12.6 Å². The molecule has 0 spiro atoms. The number of hydrogen-bond donors (Lipinski definition) is 1. The molecule has 18 heavy (non-hydrogen) atoms. The second-order valence-electron chi connectivity index (χ2n) is 5.41. The fourth-order valence-corrected chi connectivity index (χ4v) is 2.81. The molecule has 0 saturated heterocycles. The van der Waals surface area contributed by atoms with Crippen molar-refractivity contribution in [1.29, 1.82) is 0 Å². The predicted octanol–water partition coefficient (Wildman–Crippen LogP) is 3.17. The van der Waals surface area contributed by atoms with Crippen molar-refractivity contribution in [2.75, 3.05) is 19.6 Å². The van der Waals surface area contributed by atoms with Gasteiger partial charge >= 0.3 is 6.18 Å². The molecule has 2 nitrogen and oxygen atoms in total. The van der Waals surface area contributed by atoms with E-state index in [9.17, 15) is 13.2 Å². The summed E-state index contributed by atoms with van der Waals surface area (Å²) in [5.41, 5.74) is 6.09. The van der Waals surface area contributed by atoms with E-state index in [1.165, 1.54) is 24.2 Å². The molecule has 0 bridgehead atoms. The lowest BCUT2D eigenvalue weighted by Crippen LogP contribution is -2.46. The topological polar surface area (TPSA) is 29.3 Å². The summed E-state index contributed by atoms with van der Waals surface area (Å²) in [5.74, 6) is 0.409. The average Bonchev–Trinajstić information content (AvgIpc) is 2.28. The third kappa shape index (κ3) is 6.05. The Morgan fingerprint density at radius 1 is 1.22 bits per heavy atom. The molecule has 0 aliphatic heterocycles. The number of hydrogen-bond acceptors (Lipinski definition) is 2. The van der Waals surface area contributed by atoms with Crippen molar-refractivity contribution in [2.24, 2.45) is 11.7 Å². The first-order valence-electron chi connectivity index (χ1n) is 6.97. The minimum Gasteiger partial charge on any atom is -0.326 e. The van der Waals surface area contributed by atoms with E-state index in [1.807, 2.05) is 6.92 Å². The monoisotopic (exact) mass is 266 g/mol. The molecule has 0 amide bonds. The maximum absolute atomic E-state index is 12.4. The highest BCUT2D eigenvalue weighted by molar-refractivity contribution is 4.80. The van der Waals surface area contributed by atoms with Crippen LogP contribution in [-0.2, 0) is 0 Å². The zero-order valence-corrected chi connectivity index (χ0v) is 11.2. The van der Waals surface area contributed by atoms with Crippen LogP contribution in [0.3, 0.4) is 0 Å². The van der Waals surface area contributed by atoms with Gasteiger partial charge in [-0.15, -0.1) is 0 Å². The van der Waals surface area contributed by atoms with E-state index in [0.29, 0.717) is 19.0 Å². The van der Waals surface area contributed by atoms with Gasteiger partial charge in [0.25, 0.3) is 0 Å². The summed E-state index contributed by atoms with van der Waals surface area (Å²) >= 11 is 0.